The van der Waals surface area contributed by atoms with Crippen LogP contribution in [0.1, 0.15) is 20.8 Å². The summed E-state index contributed by atoms with van der Waals surface area (Å²) >= 11 is 10.1. The summed E-state index contributed by atoms with van der Waals surface area (Å²) < 4.78 is 28.3. The van der Waals surface area contributed by atoms with Crippen molar-refractivity contribution in [1.29, 1.82) is 0 Å². The second kappa shape index (κ2) is 10.9. The third kappa shape index (κ3) is 7.95. The maximum Gasteiger partial charge on any atom is 0.296 e. The Hall–Kier alpha value is -2.15. The molecule has 0 saturated carbocycles. The van der Waals surface area contributed by atoms with Gasteiger partial charge in [-0.2, -0.15) is 18.6 Å². The van der Waals surface area contributed by atoms with Crippen LogP contribution < -0.4 is 21.5 Å². The summed E-state index contributed by atoms with van der Waals surface area (Å²) in [5.41, 5.74) is 7.16. The van der Waals surface area contributed by atoms with Crippen LogP contribution in [0.3, 0.4) is 0 Å². The number of benzene rings is 1. The molecule has 148 valence electrons. The topological polar surface area (TPSA) is 116 Å². The smallest absolute Gasteiger partial charge is 0.296 e. The van der Waals surface area contributed by atoms with Crippen LogP contribution in [0.15, 0.2) is 39.4 Å². The van der Waals surface area contributed by atoms with Gasteiger partial charge in [0.25, 0.3) is 10.1 Å². The molecule has 0 unspecified atom stereocenters. The Balaban J connectivity index is 2.65. The molecule has 1 aromatic carbocycles. The van der Waals surface area contributed by atoms with Crippen LogP contribution in [0.5, 0.6) is 0 Å². The van der Waals surface area contributed by atoms with Gasteiger partial charge < -0.3 is 10.6 Å². The zero-order chi connectivity index (χ0) is 20.4. The Labute approximate surface area is 169 Å². The first-order valence-corrected chi connectivity index (χ1v) is 10.0. The zero-order valence-electron chi connectivity index (χ0n) is 15.4. The van der Waals surface area contributed by atoms with Gasteiger partial charge in [-0.1, -0.05) is 0 Å². The molecule has 0 aromatic heterocycles. The molecule has 0 atom stereocenters. The number of hydrogen-bond acceptors (Lipinski definition) is 7. The van der Waals surface area contributed by atoms with Gasteiger partial charge in [-0.25, -0.2) is 0 Å². The van der Waals surface area contributed by atoms with Gasteiger partial charge in [0.05, 0.1) is 22.9 Å². The van der Waals surface area contributed by atoms with Crippen molar-refractivity contribution in [3.63, 3.8) is 0 Å². The molecule has 0 bridgehead atoms. The molecule has 0 spiro atoms. The molecule has 0 fully saturated rings. The molecule has 1 rings (SSSR count). The Morgan fingerprint density at radius 1 is 1.04 bits per heavy atom. The molecule has 0 aliphatic carbocycles. The summed E-state index contributed by atoms with van der Waals surface area (Å²) in [6, 6.07) is 6.01. The molecular formula is C15H22N6O3S3. The summed E-state index contributed by atoms with van der Waals surface area (Å²) in [6.45, 7) is 5.20. The summed E-state index contributed by atoms with van der Waals surface area (Å²) in [5.74, 6) is 0. The van der Waals surface area contributed by atoms with Gasteiger partial charge >= 0.3 is 0 Å². The van der Waals surface area contributed by atoms with Crippen LogP contribution in [0.4, 0.5) is 5.69 Å². The molecular weight excluding hydrogens is 408 g/mol. The van der Waals surface area contributed by atoms with E-state index in [9.17, 15) is 8.42 Å². The highest BCUT2D eigenvalue weighted by atomic mass is 32.2. The summed E-state index contributed by atoms with van der Waals surface area (Å²) in [7, 11) is -2.04. The van der Waals surface area contributed by atoms with Gasteiger partial charge in [0.1, 0.15) is 0 Å². The molecule has 0 aliphatic heterocycles. The van der Waals surface area contributed by atoms with Gasteiger partial charge in [-0.3, -0.25) is 15.0 Å². The van der Waals surface area contributed by atoms with Gasteiger partial charge in [0.15, 0.2) is 10.2 Å². The molecule has 0 saturated heterocycles. The van der Waals surface area contributed by atoms with Crippen LogP contribution in [-0.2, 0) is 14.3 Å². The maximum absolute atomic E-state index is 11.8. The average molecular weight is 431 g/mol. The van der Waals surface area contributed by atoms with Gasteiger partial charge in [0, 0.05) is 12.7 Å². The fourth-order valence-electron chi connectivity index (χ4n) is 1.57. The number of anilines is 1. The number of hydrazone groups is 2. The van der Waals surface area contributed by atoms with E-state index in [0.717, 1.165) is 0 Å². The lowest BCUT2D eigenvalue weighted by Crippen LogP contribution is -2.30. The maximum atomic E-state index is 11.8. The van der Waals surface area contributed by atoms with Crippen molar-refractivity contribution in [2.45, 2.75) is 25.7 Å². The lowest BCUT2D eigenvalue weighted by molar-refractivity contribution is 0.338. The van der Waals surface area contributed by atoms with E-state index >= 15 is 0 Å². The Kier molecular flexibility index (Phi) is 9.21. The molecule has 12 heteroatoms. The minimum atomic E-state index is -3.73. The molecule has 1 aromatic rings. The van der Waals surface area contributed by atoms with Crippen molar-refractivity contribution >= 4 is 61.9 Å². The summed E-state index contributed by atoms with van der Waals surface area (Å²) in [5, 5.41) is 14.4. The molecule has 0 heterocycles. The number of rotatable bonds is 7. The van der Waals surface area contributed by atoms with E-state index in [2.05, 4.69) is 31.7 Å². The zero-order valence-corrected chi connectivity index (χ0v) is 17.8. The quantitative estimate of drug-likeness (QED) is 0.221. The van der Waals surface area contributed by atoms with E-state index in [1.807, 2.05) is 0 Å². The lowest BCUT2D eigenvalue weighted by Gasteiger charge is -2.09. The third-order valence-electron chi connectivity index (χ3n) is 3.07. The first-order valence-electron chi connectivity index (χ1n) is 7.82. The highest BCUT2D eigenvalue weighted by Gasteiger charge is 2.13. The van der Waals surface area contributed by atoms with Gasteiger partial charge in [-0.15, -0.1) is 0 Å². The number of thiocarbonyl (C=S) groups is 2. The summed E-state index contributed by atoms with van der Waals surface area (Å²) in [4.78, 5) is 0.0708. The fourth-order valence-corrected chi connectivity index (χ4v) is 2.70. The standard InChI is InChI=1S/C15H22N6O3S3/c1-5-24-27(22,23)13-8-6-12(7-9-13)17-15(26)21-19-11(3)10(2)18-20-14(25)16-4/h6-9H,5H2,1-4H3,(H2,16,20,25)(H2,17,21,26)/b18-10+,19-11+. The minimum Gasteiger partial charge on any atom is -0.364 e. The first kappa shape index (κ1) is 22.9. The number of nitrogens with one attached hydrogen (secondary N) is 4. The van der Waals surface area contributed by atoms with Crippen molar-refractivity contribution in [2.24, 2.45) is 10.2 Å². The normalized spacial score (nSPS) is 12.3. The van der Waals surface area contributed by atoms with Gasteiger partial charge in [-0.05, 0) is 69.5 Å². The third-order valence-corrected chi connectivity index (χ3v) is 4.96. The second-order valence-electron chi connectivity index (χ2n) is 5.04. The van der Waals surface area contributed by atoms with Crippen molar-refractivity contribution in [3.8, 4) is 0 Å². The predicted molar refractivity (Wildman–Crippen MR) is 116 cm³/mol. The van der Waals surface area contributed by atoms with Crippen molar-refractivity contribution < 1.29 is 12.6 Å². The average Bonchev–Trinajstić information content (AvgIpc) is 2.64. The molecule has 0 amide bonds. The fraction of sp³-hybridized carbons (Fsp3) is 0.333. The van der Waals surface area contributed by atoms with Crippen LogP contribution in [0, 0.1) is 0 Å². The Morgan fingerprint density at radius 2 is 1.56 bits per heavy atom. The monoisotopic (exact) mass is 430 g/mol. The van der Waals surface area contributed by atoms with Crippen molar-refractivity contribution in [1.82, 2.24) is 16.2 Å². The highest BCUT2D eigenvalue weighted by molar-refractivity contribution is 7.86. The Bertz CT molecular complexity index is 835. The highest BCUT2D eigenvalue weighted by Crippen LogP contribution is 2.16. The molecule has 27 heavy (non-hydrogen) atoms. The van der Waals surface area contributed by atoms with Crippen molar-refractivity contribution in [3.05, 3.63) is 24.3 Å². The predicted octanol–water partition coefficient (Wildman–Crippen LogP) is 1.54. The first-order chi connectivity index (χ1) is 12.7. The number of hydrogen-bond donors (Lipinski definition) is 4. The van der Waals surface area contributed by atoms with E-state index in [0.29, 0.717) is 22.2 Å². The van der Waals surface area contributed by atoms with E-state index in [4.69, 9.17) is 28.6 Å². The second-order valence-corrected chi connectivity index (χ2v) is 7.47. The molecule has 4 N–H and O–H groups in total. The van der Waals surface area contributed by atoms with Gasteiger partial charge in [0.2, 0.25) is 0 Å². The van der Waals surface area contributed by atoms with Crippen molar-refractivity contribution in [2.75, 3.05) is 19.0 Å². The molecule has 0 aliphatic rings. The lowest BCUT2D eigenvalue weighted by atomic mass is 10.3. The van der Waals surface area contributed by atoms with Crippen LogP contribution in [-0.4, -0.2) is 43.7 Å². The molecule has 9 nitrogen and oxygen atoms in total. The van der Waals surface area contributed by atoms with E-state index in [1.54, 1.807) is 40.0 Å². The molecule has 0 radical (unpaired) electrons. The van der Waals surface area contributed by atoms with E-state index in [-0.39, 0.29) is 16.6 Å². The van der Waals surface area contributed by atoms with Crippen LogP contribution in [0.25, 0.3) is 0 Å². The largest absolute Gasteiger partial charge is 0.364 e. The minimum absolute atomic E-state index is 0.0708. The summed E-state index contributed by atoms with van der Waals surface area (Å²) in [6.07, 6.45) is 0. The number of nitrogens with zero attached hydrogens (tertiary/aromatic N) is 2. The van der Waals surface area contributed by atoms with Crippen LogP contribution >= 0.6 is 24.4 Å². The van der Waals surface area contributed by atoms with E-state index in [1.165, 1.54) is 12.1 Å². The van der Waals surface area contributed by atoms with E-state index < -0.39 is 10.1 Å². The van der Waals surface area contributed by atoms with Crippen LogP contribution in [0.2, 0.25) is 0 Å². The Morgan fingerprint density at radius 3 is 2.04 bits per heavy atom. The SMILES string of the molecule is CCOS(=O)(=O)c1ccc(NC(=S)N/N=C(C)/C(C)=N/NC(=S)NC)cc1.